The molecule has 1 aromatic rings. The van der Waals surface area contributed by atoms with Gasteiger partial charge in [-0.2, -0.15) is 0 Å². The number of nitrogens with one attached hydrogen (secondary N) is 1. The number of carbonyl (C=O) groups is 2. The van der Waals surface area contributed by atoms with Gasteiger partial charge in [0.25, 0.3) is 5.78 Å². The Bertz CT molecular complexity index is 464. The lowest BCUT2D eigenvalue weighted by atomic mass is 10.2. The lowest BCUT2D eigenvalue weighted by Gasteiger charge is -2.00. The third kappa shape index (κ3) is 3.98. The van der Waals surface area contributed by atoms with Crippen LogP contribution >= 0.6 is 0 Å². The summed E-state index contributed by atoms with van der Waals surface area (Å²) in [4.78, 5) is 24.4. The number of hydrogen-bond acceptors (Lipinski definition) is 4. The van der Waals surface area contributed by atoms with E-state index in [0.717, 1.165) is 5.56 Å². The monoisotopic (exact) mass is 235 g/mol. The van der Waals surface area contributed by atoms with Crippen LogP contribution in [0.15, 0.2) is 30.3 Å². The van der Waals surface area contributed by atoms with Crippen molar-refractivity contribution in [1.29, 1.82) is 5.53 Å². The van der Waals surface area contributed by atoms with E-state index in [1.165, 1.54) is 0 Å². The van der Waals surface area contributed by atoms with Gasteiger partial charge in [-0.15, -0.1) is 0 Å². The van der Waals surface area contributed by atoms with E-state index in [-0.39, 0.29) is 6.61 Å². The van der Waals surface area contributed by atoms with Crippen LogP contribution in [-0.2, 0) is 20.9 Å². The second kappa shape index (κ2) is 6.32. The van der Waals surface area contributed by atoms with Crippen molar-refractivity contribution in [3.05, 3.63) is 35.9 Å². The summed E-state index contributed by atoms with van der Waals surface area (Å²) in [7, 11) is 0. The van der Waals surface area contributed by atoms with E-state index in [1.807, 2.05) is 30.3 Å². The molecule has 0 aromatic heterocycles. The fourth-order valence-corrected chi connectivity index (χ4v) is 1.13. The number of carboxylic acid groups (broad SMARTS) is 1. The van der Waals surface area contributed by atoms with Crippen molar-refractivity contribution < 1.29 is 24.2 Å². The van der Waals surface area contributed by atoms with Gasteiger partial charge in [-0.05, 0) is 5.56 Å². The molecule has 1 aromatic carbocycles. The molecule has 2 N–H and O–H groups in total. The Labute approximate surface area is 97.1 Å². The van der Waals surface area contributed by atoms with Crippen LogP contribution in [0.1, 0.15) is 5.56 Å². The number of hydrogen-bond donors (Lipinski definition) is 2. The third-order valence-corrected chi connectivity index (χ3v) is 1.92. The third-order valence-electron chi connectivity index (χ3n) is 1.92. The topological polar surface area (TPSA) is 102 Å². The van der Waals surface area contributed by atoms with Crippen LogP contribution in [-0.4, -0.2) is 34.0 Å². The predicted octanol–water partition coefficient (Wildman–Crippen LogP) is 0.537. The summed E-state index contributed by atoms with van der Waals surface area (Å²) >= 11 is 0. The maximum Gasteiger partial charge on any atom is 0.492 e. The number of ketones is 1. The van der Waals surface area contributed by atoms with Crippen LogP contribution in [0, 0.1) is 5.53 Å². The highest BCUT2D eigenvalue weighted by atomic mass is 16.5. The van der Waals surface area contributed by atoms with Gasteiger partial charge in [-0.25, -0.2) is 4.79 Å². The molecule has 0 aliphatic carbocycles. The Morgan fingerprint density at radius 2 is 1.94 bits per heavy atom. The highest BCUT2D eigenvalue weighted by Gasteiger charge is 2.31. The number of nitrogens with zero attached hydrogens (tertiary/aromatic N) is 1. The van der Waals surface area contributed by atoms with Gasteiger partial charge in [0.1, 0.15) is 6.61 Å². The summed E-state index contributed by atoms with van der Waals surface area (Å²) in [5.41, 5.74) is 6.60. The molecule has 0 atom stereocenters. The first kappa shape index (κ1) is 12.8. The van der Waals surface area contributed by atoms with Crippen LogP contribution in [0.3, 0.4) is 0 Å². The molecule has 0 saturated carbocycles. The van der Waals surface area contributed by atoms with Crippen molar-refractivity contribution in [2.45, 2.75) is 6.61 Å². The molecule has 17 heavy (non-hydrogen) atoms. The first-order valence-corrected chi connectivity index (χ1v) is 4.77. The van der Waals surface area contributed by atoms with E-state index in [2.05, 4.69) is 4.79 Å². The lowest BCUT2D eigenvalue weighted by molar-refractivity contribution is -0.154. The molecule has 0 aliphatic heterocycles. The summed E-state index contributed by atoms with van der Waals surface area (Å²) in [5.74, 6) is -2.34. The molecular formula is C11H11N2O4+. The van der Waals surface area contributed by atoms with Crippen LogP contribution in [0.4, 0.5) is 0 Å². The minimum Gasteiger partial charge on any atom is -0.472 e. The van der Waals surface area contributed by atoms with Gasteiger partial charge >= 0.3 is 11.7 Å². The molecule has 88 valence electrons. The number of Topliss-reactive ketones (excluding diaryl/α,β-unsaturated/α-hetero) is 1. The predicted molar refractivity (Wildman–Crippen MR) is 56.7 cm³/mol. The Hall–Kier alpha value is -2.30. The van der Waals surface area contributed by atoms with Crippen LogP contribution < -0.4 is 0 Å². The average molecular weight is 235 g/mol. The van der Waals surface area contributed by atoms with E-state index in [4.69, 9.17) is 15.4 Å². The van der Waals surface area contributed by atoms with Crippen LogP contribution in [0.25, 0.3) is 0 Å². The van der Waals surface area contributed by atoms with Crippen molar-refractivity contribution in [1.82, 2.24) is 0 Å². The largest absolute Gasteiger partial charge is 0.492 e. The zero-order valence-corrected chi connectivity index (χ0v) is 8.92. The van der Waals surface area contributed by atoms with Gasteiger partial charge in [0.15, 0.2) is 0 Å². The molecule has 0 bridgehead atoms. The first-order valence-electron chi connectivity index (χ1n) is 4.77. The van der Waals surface area contributed by atoms with E-state index in [9.17, 15) is 9.59 Å². The highest BCUT2D eigenvalue weighted by Crippen LogP contribution is 2.00. The zero-order valence-electron chi connectivity index (χ0n) is 8.92. The van der Waals surface area contributed by atoms with Gasteiger partial charge in [-0.1, -0.05) is 30.3 Å². The normalized spacial score (nSPS) is 9.41. The molecule has 1 rings (SSSR count). The molecule has 0 radical (unpaired) electrons. The Morgan fingerprint density at radius 3 is 2.47 bits per heavy atom. The number of carboxylic acids is 1. The van der Waals surface area contributed by atoms with Crippen molar-refractivity contribution in [3.8, 4) is 0 Å². The summed E-state index contributed by atoms with van der Waals surface area (Å²) < 4.78 is 5.04. The SMILES string of the molecule is N=[N+]=C(C(=O)O)C(=O)COCc1ccccc1. The first-order chi connectivity index (χ1) is 8.15. The van der Waals surface area contributed by atoms with Crippen molar-refractivity contribution >= 4 is 17.5 Å². The van der Waals surface area contributed by atoms with E-state index < -0.39 is 24.1 Å². The Balaban J connectivity index is 2.45. The molecule has 0 amide bonds. The van der Waals surface area contributed by atoms with E-state index in [0.29, 0.717) is 0 Å². The summed E-state index contributed by atoms with van der Waals surface area (Å²) in [6.45, 7) is -0.198. The number of benzene rings is 1. The highest BCUT2D eigenvalue weighted by molar-refractivity contribution is 6.62. The van der Waals surface area contributed by atoms with Crippen LogP contribution in [0.2, 0.25) is 0 Å². The number of ether oxygens (including phenoxy) is 1. The second-order valence-electron chi connectivity index (χ2n) is 3.17. The van der Waals surface area contributed by atoms with Crippen molar-refractivity contribution in [2.24, 2.45) is 0 Å². The molecule has 0 saturated heterocycles. The summed E-state index contributed by atoms with van der Waals surface area (Å²) in [6.07, 6.45) is 0. The molecule has 0 unspecified atom stereocenters. The van der Waals surface area contributed by atoms with Crippen molar-refractivity contribution in [3.63, 3.8) is 0 Å². The molecule has 0 heterocycles. The quantitative estimate of drug-likeness (QED) is 0.325. The van der Waals surface area contributed by atoms with Gasteiger partial charge in [-0.3, -0.25) is 4.79 Å². The minimum absolute atomic E-state index is 0.206. The number of carbonyl (C=O) groups excluding carboxylic acids is 1. The molecule has 6 heteroatoms. The van der Waals surface area contributed by atoms with E-state index >= 15 is 0 Å². The summed E-state index contributed by atoms with van der Waals surface area (Å²) in [6, 6.07) is 9.15. The van der Waals surface area contributed by atoms with Gasteiger partial charge < -0.3 is 9.84 Å². The van der Waals surface area contributed by atoms with Crippen molar-refractivity contribution in [2.75, 3.05) is 6.61 Å². The fourth-order valence-electron chi connectivity index (χ4n) is 1.13. The maximum absolute atomic E-state index is 11.2. The number of aliphatic carboxylic acids is 1. The smallest absolute Gasteiger partial charge is 0.472 e. The van der Waals surface area contributed by atoms with E-state index in [1.54, 1.807) is 0 Å². The van der Waals surface area contributed by atoms with Gasteiger partial charge in [0, 0.05) is 0 Å². The maximum atomic E-state index is 11.2. The lowest BCUT2D eigenvalue weighted by Crippen LogP contribution is -2.28. The zero-order chi connectivity index (χ0) is 12.7. The van der Waals surface area contributed by atoms with Gasteiger partial charge in [0.2, 0.25) is 0 Å². The molecule has 0 fully saturated rings. The Morgan fingerprint density at radius 1 is 1.29 bits per heavy atom. The summed E-state index contributed by atoms with van der Waals surface area (Å²) in [5, 5.41) is 8.53. The number of rotatable bonds is 6. The fraction of sp³-hybridized carbons (Fsp3) is 0.182. The molecule has 0 aliphatic rings. The van der Waals surface area contributed by atoms with Gasteiger partial charge in [0.05, 0.1) is 16.9 Å². The molecule has 6 nitrogen and oxygen atoms in total. The standard InChI is InChI=1S/C11H10N2O4/c12-13-10(11(15)16)9(14)7-17-6-8-4-2-1-3-5-8/h1-5,12H,6-7H2/p+1. The molecular weight excluding hydrogens is 224 g/mol. The minimum atomic E-state index is -1.52. The average Bonchev–Trinajstić information content (AvgIpc) is 2.30. The molecule has 0 spiro atoms. The van der Waals surface area contributed by atoms with Crippen LogP contribution in [0.5, 0.6) is 0 Å². The second-order valence-corrected chi connectivity index (χ2v) is 3.17. The Kier molecular flexibility index (Phi) is 4.75.